The lowest BCUT2D eigenvalue weighted by Gasteiger charge is -2.18. The van der Waals surface area contributed by atoms with Crippen LogP contribution in [-0.4, -0.2) is 61.9 Å². The largest absolute Gasteiger partial charge is 0.357 e. The van der Waals surface area contributed by atoms with Crippen molar-refractivity contribution in [1.29, 1.82) is 0 Å². The number of rotatable bonds is 10. The topological polar surface area (TPSA) is 85.8 Å². The van der Waals surface area contributed by atoms with Crippen molar-refractivity contribution in [3.8, 4) is 0 Å². The third-order valence-corrected chi connectivity index (χ3v) is 4.19. The van der Waals surface area contributed by atoms with Gasteiger partial charge in [0.05, 0.1) is 6.54 Å². The Morgan fingerprint density at radius 3 is 2.31 bits per heavy atom. The van der Waals surface area contributed by atoms with Crippen molar-refractivity contribution in [3.63, 3.8) is 0 Å². The van der Waals surface area contributed by atoms with Crippen LogP contribution in [0, 0.1) is 12.7 Å². The number of amides is 2. The number of carbonyl (C=O) groups excluding carboxylic acids is 2. The molecule has 7 nitrogen and oxygen atoms in total. The van der Waals surface area contributed by atoms with Crippen molar-refractivity contribution in [2.75, 3.05) is 39.3 Å². The van der Waals surface area contributed by atoms with Crippen molar-refractivity contribution < 1.29 is 14.0 Å². The van der Waals surface area contributed by atoms with Gasteiger partial charge in [0.2, 0.25) is 5.91 Å². The second-order valence-electron chi connectivity index (χ2n) is 6.22. The fourth-order valence-electron chi connectivity index (χ4n) is 2.53. The number of halogens is 2. The van der Waals surface area contributed by atoms with Crippen molar-refractivity contribution in [3.05, 3.63) is 35.1 Å². The van der Waals surface area contributed by atoms with E-state index in [1.165, 1.54) is 6.07 Å². The molecule has 29 heavy (non-hydrogen) atoms. The smallest absolute Gasteiger partial charge is 0.251 e. The molecule has 0 heterocycles. The number of aryl methyl sites for hydroxylation is 1. The van der Waals surface area contributed by atoms with Gasteiger partial charge in [-0.05, 0) is 45.4 Å². The van der Waals surface area contributed by atoms with Crippen LogP contribution in [0.4, 0.5) is 4.39 Å². The second-order valence-corrected chi connectivity index (χ2v) is 6.22. The SMILES string of the molecule is CCNC(=NCCC(=O)N(CC)CC)NCCNC(=O)c1ccc(C)c(F)c1.I. The highest BCUT2D eigenvalue weighted by Crippen LogP contribution is 2.08. The molecule has 0 fully saturated rings. The number of aliphatic imine (C=N–C) groups is 1. The molecule has 1 aromatic rings. The van der Waals surface area contributed by atoms with Gasteiger partial charge < -0.3 is 20.9 Å². The molecule has 0 aromatic heterocycles. The molecule has 0 radical (unpaired) electrons. The lowest BCUT2D eigenvalue weighted by Crippen LogP contribution is -2.41. The summed E-state index contributed by atoms with van der Waals surface area (Å²) in [5.41, 5.74) is 0.794. The molecule has 3 N–H and O–H groups in total. The first-order chi connectivity index (χ1) is 13.4. The van der Waals surface area contributed by atoms with E-state index in [0.29, 0.717) is 62.8 Å². The van der Waals surface area contributed by atoms with Crippen molar-refractivity contribution in [1.82, 2.24) is 20.9 Å². The zero-order valence-electron chi connectivity index (χ0n) is 17.7. The summed E-state index contributed by atoms with van der Waals surface area (Å²) in [6.45, 7) is 10.8. The van der Waals surface area contributed by atoms with Crippen molar-refractivity contribution >= 4 is 41.8 Å². The third kappa shape index (κ3) is 9.91. The summed E-state index contributed by atoms with van der Waals surface area (Å²) in [4.78, 5) is 30.2. The molecule has 9 heteroatoms. The van der Waals surface area contributed by atoms with Gasteiger partial charge in [0.1, 0.15) is 5.82 Å². The minimum atomic E-state index is -0.397. The fraction of sp³-hybridized carbons (Fsp3) is 0.550. The quantitative estimate of drug-likeness (QED) is 0.191. The van der Waals surface area contributed by atoms with Crippen LogP contribution < -0.4 is 16.0 Å². The maximum absolute atomic E-state index is 13.5. The summed E-state index contributed by atoms with van der Waals surface area (Å²) >= 11 is 0. The van der Waals surface area contributed by atoms with E-state index in [9.17, 15) is 14.0 Å². The van der Waals surface area contributed by atoms with Gasteiger partial charge in [-0.2, -0.15) is 0 Å². The maximum Gasteiger partial charge on any atom is 0.251 e. The molecule has 1 rings (SSSR count). The van der Waals surface area contributed by atoms with E-state index < -0.39 is 5.82 Å². The minimum Gasteiger partial charge on any atom is -0.357 e. The van der Waals surface area contributed by atoms with Gasteiger partial charge in [-0.25, -0.2) is 4.39 Å². The van der Waals surface area contributed by atoms with E-state index in [1.807, 2.05) is 20.8 Å². The molecule has 0 aliphatic heterocycles. The third-order valence-electron chi connectivity index (χ3n) is 4.19. The van der Waals surface area contributed by atoms with Crippen molar-refractivity contribution in [2.45, 2.75) is 34.1 Å². The lowest BCUT2D eigenvalue weighted by atomic mass is 10.1. The Labute approximate surface area is 189 Å². The Balaban J connectivity index is 0.00000784. The van der Waals surface area contributed by atoms with Gasteiger partial charge in [0, 0.05) is 44.7 Å². The molecule has 0 spiro atoms. The van der Waals surface area contributed by atoms with E-state index in [0.717, 1.165) is 0 Å². The molecule has 0 bridgehead atoms. The van der Waals surface area contributed by atoms with Gasteiger partial charge in [-0.1, -0.05) is 6.07 Å². The number of nitrogens with zero attached hydrogens (tertiary/aromatic N) is 2. The van der Waals surface area contributed by atoms with E-state index in [1.54, 1.807) is 24.0 Å². The Morgan fingerprint density at radius 1 is 1.07 bits per heavy atom. The monoisotopic (exact) mass is 521 g/mol. The molecular formula is C20H33FIN5O2. The van der Waals surface area contributed by atoms with Gasteiger partial charge >= 0.3 is 0 Å². The lowest BCUT2D eigenvalue weighted by molar-refractivity contribution is -0.130. The molecule has 0 saturated heterocycles. The second kappa shape index (κ2) is 15.0. The first-order valence-corrected chi connectivity index (χ1v) is 9.77. The average molecular weight is 521 g/mol. The highest BCUT2D eigenvalue weighted by molar-refractivity contribution is 14.0. The van der Waals surface area contributed by atoms with Crippen LogP contribution in [0.3, 0.4) is 0 Å². The Morgan fingerprint density at radius 2 is 1.72 bits per heavy atom. The summed E-state index contributed by atoms with van der Waals surface area (Å²) in [5, 5.41) is 8.94. The molecule has 0 unspecified atom stereocenters. The summed E-state index contributed by atoms with van der Waals surface area (Å²) in [5.74, 6) is -0.0493. The zero-order chi connectivity index (χ0) is 20.9. The number of hydrogen-bond donors (Lipinski definition) is 3. The Kier molecular flexibility index (Phi) is 14.0. The molecule has 2 amide bonds. The summed E-state index contributed by atoms with van der Waals surface area (Å²) in [6, 6.07) is 4.41. The van der Waals surface area contributed by atoms with Crippen LogP contribution >= 0.6 is 24.0 Å². The summed E-state index contributed by atoms with van der Waals surface area (Å²) in [7, 11) is 0. The fourth-order valence-corrected chi connectivity index (χ4v) is 2.53. The summed E-state index contributed by atoms with van der Waals surface area (Å²) in [6.07, 6.45) is 0.355. The van der Waals surface area contributed by atoms with Crippen LogP contribution in [-0.2, 0) is 4.79 Å². The van der Waals surface area contributed by atoms with Crippen LogP contribution in [0.2, 0.25) is 0 Å². The minimum absolute atomic E-state index is 0. The summed E-state index contributed by atoms with van der Waals surface area (Å²) < 4.78 is 13.5. The Bertz CT molecular complexity index is 681. The van der Waals surface area contributed by atoms with Crippen LogP contribution in [0.5, 0.6) is 0 Å². The number of carbonyl (C=O) groups is 2. The molecule has 0 atom stereocenters. The maximum atomic E-state index is 13.5. The molecule has 0 aliphatic carbocycles. The number of guanidine groups is 1. The van der Waals surface area contributed by atoms with Crippen molar-refractivity contribution in [2.24, 2.45) is 4.99 Å². The number of hydrogen-bond acceptors (Lipinski definition) is 3. The predicted molar refractivity (Wildman–Crippen MR) is 125 cm³/mol. The van der Waals surface area contributed by atoms with Gasteiger partial charge in [0.15, 0.2) is 5.96 Å². The van der Waals surface area contributed by atoms with Gasteiger partial charge in [-0.3, -0.25) is 14.6 Å². The molecular weight excluding hydrogens is 488 g/mol. The molecule has 0 aliphatic rings. The molecule has 1 aromatic carbocycles. The highest BCUT2D eigenvalue weighted by Gasteiger charge is 2.09. The van der Waals surface area contributed by atoms with E-state index in [4.69, 9.17) is 0 Å². The van der Waals surface area contributed by atoms with Crippen LogP contribution in [0.25, 0.3) is 0 Å². The highest BCUT2D eigenvalue weighted by atomic mass is 127. The first-order valence-electron chi connectivity index (χ1n) is 9.77. The van der Waals surface area contributed by atoms with Crippen LogP contribution in [0.15, 0.2) is 23.2 Å². The Hall–Kier alpha value is -1.91. The zero-order valence-corrected chi connectivity index (χ0v) is 20.0. The average Bonchev–Trinajstić information content (AvgIpc) is 2.68. The van der Waals surface area contributed by atoms with E-state index in [2.05, 4.69) is 20.9 Å². The van der Waals surface area contributed by atoms with Crippen LogP contribution in [0.1, 0.15) is 43.1 Å². The van der Waals surface area contributed by atoms with E-state index in [-0.39, 0.29) is 35.8 Å². The predicted octanol–water partition coefficient (Wildman–Crippen LogP) is 2.30. The number of benzene rings is 1. The van der Waals surface area contributed by atoms with E-state index >= 15 is 0 Å². The standard InChI is InChI=1S/C20H32FN5O2.HI/c1-5-22-20(24-11-10-18(27)26(6-2)7-3)25-13-12-23-19(28)16-9-8-15(4)17(21)14-16;/h8-9,14H,5-7,10-13H2,1-4H3,(H,23,28)(H2,22,24,25);1H. The van der Waals surface area contributed by atoms with Gasteiger partial charge in [0.25, 0.3) is 5.91 Å². The van der Waals surface area contributed by atoms with Gasteiger partial charge in [-0.15, -0.1) is 24.0 Å². The molecule has 164 valence electrons. The molecule has 0 saturated carbocycles. The first kappa shape index (κ1) is 27.1. The number of nitrogens with one attached hydrogen (secondary N) is 3. The normalized spacial score (nSPS) is 10.7.